The summed E-state index contributed by atoms with van der Waals surface area (Å²) in [6.07, 6.45) is 1.48. The maximum atomic E-state index is 11.9. The van der Waals surface area contributed by atoms with Crippen LogP contribution in [0, 0.1) is 0 Å². The monoisotopic (exact) mass is 222 g/mol. The first kappa shape index (κ1) is 13.8. The van der Waals surface area contributed by atoms with E-state index in [1.807, 2.05) is 13.8 Å². The topological polar surface area (TPSA) is 55.8 Å². The van der Waals surface area contributed by atoms with Gasteiger partial charge in [-0.2, -0.15) is 0 Å². The summed E-state index contributed by atoms with van der Waals surface area (Å²) < 4.78 is 21.9. The molecule has 0 radical (unpaired) electrons. The van der Waals surface area contributed by atoms with Crippen LogP contribution in [0.25, 0.3) is 0 Å². The van der Waals surface area contributed by atoms with Crippen molar-refractivity contribution in [1.82, 2.24) is 0 Å². The lowest BCUT2D eigenvalue weighted by Gasteiger charge is -2.20. The standard InChI is InChI=1S/C9H19O4P/c1-5-12-14(11,13-6-2)9(10)7-8(3)4/h7,9-10H,5-6H2,1-4H3/t9-/m0/s1. The Kier molecular flexibility index (Phi) is 6.29. The summed E-state index contributed by atoms with van der Waals surface area (Å²) in [6.45, 7) is 7.55. The highest BCUT2D eigenvalue weighted by atomic mass is 31.2. The lowest BCUT2D eigenvalue weighted by molar-refractivity contribution is 0.168. The van der Waals surface area contributed by atoms with Gasteiger partial charge in [-0.05, 0) is 33.8 Å². The van der Waals surface area contributed by atoms with Crippen molar-refractivity contribution in [3.05, 3.63) is 11.6 Å². The van der Waals surface area contributed by atoms with Gasteiger partial charge in [-0.1, -0.05) is 5.57 Å². The van der Waals surface area contributed by atoms with Crippen LogP contribution in [0.2, 0.25) is 0 Å². The minimum atomic E-state index is -3.39. The second-order valence-electron chi connectivity index (χ2n) is 3.03. The van der Waals surface area contributed by atoms with Crippen LogP contribution in [0.3, 0.4) is 0 Å². The first-order valence-electron chi connectivity index (χ1n) is 4.68. The van der Waals surface area contributed by atoms with Crippen molar-refractivity contribution >= 4 is 7.60 Å². The normalized spacial score (nSPS) is 13.8. The number of aliphatic hydroxyl groups excluding tert-OH is 1. The molecule has 0 aromatic carbocycles. The van der Waals surface area contributed by atoms with E-state index in [4.69, 9.17) is 9.05 Å². The molecule has 14 heavy (non-hydrogen) atoms. The van der Waals surface area contributed by atoms with Gasteiger partial charge in [0.05, 0.1) is 13.2 Å². The van der Waals surface area contributed by atoms with Crippen LogP contribution in [0.1, 0.15) is 27.7 Å². The van der Waals surface area contributed by atoms with Gasteiger partial charge in [-0.3, -0.25) is 4.57 Å². The Morgan fingerprint density at radius 3 is 2.07 bits per heavy atom. The van der Waals surface area contributed by atoms with Crippen LogP contribution < -0.4 is 0 Å². The van der Waals surface area contributed by atoms with Gasteiger partial charge in [0.25, 0.3) is 0 Å². The van der Waals surface area contributed by atoms with E-state index in [-0.39, 0.29) is 13.2 Å². The van der Waals surface area contributed by atoms with Crippen molar-refractivity contribution in [1.29, 1.82) is 0 Å². The van der Waals surface area contributed by atoms with Crippen molar-refractivity contribution in [2.75, 3.05) is 13.2 Å². The average Bonchev–Trinajstić information content (AvgIpc) is 2.03. The fourth-order valence-electron chi connectivity index (χ4n) is 0.939. The molecule has 0 spiro atoms. The molecule has 0 saturated carbocycles. The maximum absolute atomic E-state index is 11.9. The van der Waals surface area contributed by atoms with Crippen LogP contribution in [0.15, 0.2) is 11.6 Å². The molecule has 0 bridgehead atoms. The van der Waals surface area contributed by atoms with Crippen LogP contribution in [0.5, 0.6) is 0 Å². The second kappa shape index (κ2) is 6.36. The van der Waals surface area contributed by atoms with Crippen LogP contribution >= 0.6 is 7.60 Å². The second-order valence-corrected chi connectivity index (χ2v) is 5.16. The number of aliphatic hydroxyl groups is 1. The molecule has 0 unspecified atom stereocenters. The fraction of sp³-hybridized carbons (Fsp3) is 0.778. The third-order valence-corrected chi connectivity index (χ3v) is 3.46. The van der Waals surface area contributed by atoms with E-state index in [1.165, 1.54) is 6.08 Å². The van der Waals surface area contributed by atoms with Crippen molar-refractivity contribution in [3.63, 3.8) is 0 Å². The fourth-order valence-corrected chi connectivity index (χ4v) is 2.52. The number of allylic oxidation sites excluding steroid dienone is 1. The molecule has 0 aromatic heterocycles. The molecule has 84 valence electrons. The van der Waals surface area contributed by atoms with E-state index in [9.17, 15) is 9.67 Å². The van der Waals surface area contributed by atoms with Crippen LogP contribution in [-0.4, -0.2) is 24.2 Å². The average molecular weight is 222 g/mol. The van der Waals surface area contributed by atoms with E-state index < -0.39 is 13.4 Å². The molecular weight excluding hydrogens is 203 g/mol. The van der Waals surface area contributed by atoms with Crippen molar-refractivity contribution in [3.8, 4) is 0 Å². The molecule has 0 heterocycles. The Morgan fingerprint density at radius 2 is 1.79 bits per heavy atom. The summed E-state index contributed by atoms with van der Waals surface area (Å²) in [5, 5.41) is 9.61. The molecule has 0 fully saturated rings. The zero-order valence-corrected chi connectivity index (χ0v) is 10.1. The van der Waals surface area contributed by atoms with E-state index in [0.29, 0.717) is 0 Å². The van der Waals surface area contributed by atoms with E-state index in [1.54, 1.807) is 13.8 Å². The predicted octanol–water partition coefficient (Wildman–Crippen LogP) is 2.54. The van der Waals surface area contributed by atoms with Gasteiger partial charge in [-0.25, -0.2) is 0 Å². The molecule has 0 aromatic rings. The first-order valence-corrected chi connectivity index (χ1v) is 6.29. The molecule has 1 N–H and O–H groups in total. The Hall–Kier alpha value is -0.150. The number of rotatable bonds is 6. The Bertz CT molecular complexity index is 223. The predicted molar refractivity (Wildman–Crippen MR) is 56.3 cm³/mol. The molecule has 5 heteroatoms. The van der Waals surface area contributed by atoms with Gasteiger partial charge in [0.1, 0.15) is 0 Å². The van der Waals surface area contributed by atoms with Gasteiger partial charge >= 0.3 is 7.60 Å². The van der Waals surface area contributed by atoms with Gasteiger partial charge in [0.2, 0.25) is 0 Å². The van der Waals surface area contributed by atoms with Crippen molar-refractivity contribution < 1.29 is 18.7 Å². The lowest BCUT2D eigenvalue weighted by atomic mass is 10.3. The highest BCUT2D eigenvalue weighted by molar-refractivity contribution is 7.54. The largest absolute Gasteiger partial charge is 0.377 e. The minimum Gasteiger partial charge on any atom is -0.377 e. The maximum Gasteiger partial charge on any atom is 0.362 e. The number of hydrogen-bond acceptors (Lipinski definition) is 4. The highest BCUT2D eigenvalue weighted by Crippen LogP contribution is 2.52. The van der Waals surface area contributed by atoms with Gasteiger partial charge < -0.3 is 14.2 Å². The van der Waals surface area contributed by atoms with Gasteiger partial charge in [0, 0.05) is 0 Å². The molecule has 0 saturated heterocycles. The highest BCUT2D eigenvalue weighted by Gasteiger charge is 2.32. The van der Waals surface area contributed by atoms with Gasteiger partial charge in [0.15, 0.2) is 5.85 Å². The Morgan fingerprint density at radius 1 is 1.36 bits per heavy atom. The summed E-state index contributed by atoms with van der Waals surface area (Å²) in [5.74, 6) is -1.17. The van der Waals surface area contributed by atoms with Crippen molar-refractivity contribution in [2.24, 2.45) is 0 Å². The van der Waals surface area contributed by atoms with E-state index >= 15 is 0 Å². The summed E-state index contributed by atoms with van der Waals surface area (Å²) in [5.41, 5.74) is 0.872. The Balaban J connectivity index is 4.63. The molecule has 4 nitrogen and oxygen atoms in total. The smallest absolute Gasteiger partial charge is 0.362 e. The first-order chi connectivity index (χ1) is 6.46. The summed E-state index contributed by atoms with van der Waals surface area (Å²) in [7, 11) is -3.39. The van der Waals surface area contributed by atoms with Crippen molar-refractivity contribution in [2.45, 2.75) is 33.5 Å². The van der Waals surface area contributed by atoms with Crippen LogP contribution in [-0.2, 0) is 13.6 Å². The van der Waals surface area contributed by atoms with E-state index in [2.05, 4.69) is 0 Å². The van der Waals surface area contributed by atoms with Crippen LogP contribution in [0.4, 0.5) is 0 Å². The molecule has 0 aliphatic rings. The quantitative estimate of drug-likeness (QED) is 0.554. The molecule has 0 rings (SSSR count). The zero-order valence-electron chi connectivity index (χ0n) is 9.19. The third-order valence-electron chi connectivity index (χ3n) is 1.42. The summed E-state index contributed by atoms with van der Waals surface area (Å²) in [6, 6.07) is 0. The molecular formula is C9H19O4P. The molecule has 1 atom stereocenters. The SMILES string of the molecule is CCOP(=O)(OCC)[C@H](O)C=C(C)C. The van der Waals surface area contributed by atoms with Gasteiger partial charge in [-0.15, -0.1) is 0 Å². The number of hydrogen-bond donors (Lipinski definition) is 1. The zero-order chi connectivity index (χ0) is 11.2. The van der Waals surface area contributed by atoms with E-state index in [0.717, 1.165) is 5.57 Å². The third kappa shape index (κ3) is 4.38. The summed E-state index contributed by atoms with van der Waals surface area (Å²) >= 11 is 0. The Labute approximate surface area is 85.5 Å². The summed E-state index contributed by atoms with van der Waals surface area (Å²) in [4.78, 5) is 0. The molecule has 0 aliphatic carbocycles. The minimum absolute atomic E-state index is 0.255. The lowest BCUT2D eigenvalue weighted by Crippen LogP contribution is -2.10. The molecule has 0 aliphatic heterocycles. The molecule has 0 amide bonds.